The molecule has 0 aliphatic rings. The fourth-order valence-corrected chi connectivity index (χ4v) is 8.00. The number of hydrogen-bond donors (Lipinski definition) is 3. The van der Waals surface area contributed by atoms with Crippen LogP contribution < -0.4 is 5.32 Å². The molecule has 4 heteroatoms. The number of nitrogens with one attached hydrogen (secondary N) is 1. The van der Waals surface area contributed by atoms with Gasteiger partial charge in [0.15, 0.2) is 0 Å². The molecule has 3 N–H and O–H groups in total. The van der Waals surface area contributed by atoms with Gasteiger partial charge < -0.3 is 15.5 Å². The monoisotopic (exact) mass is 990 g/mol. The zero-order valence-electron chi connectivity index (χ0n) is 46.6. The summed E-state index contributed by atoms with van der Waals surface area (Å²) in [7, 11) is 0. The molecule has 0 aromatic carbocycles. The van der Waals surface area contributed by atoms with E-state index in [1.54, 1.807) is 6.08 Å². The predicted octanol–water partition coefficient (Wildman–Crippen LogP) is 20.1. The average Bonchev–Trinajstić information content (AvgIpc) is 3.39. The van der Waals surface area contributed by atoms with Crippen LogP contribution in [0.15, 0.2) is 158 Å². The van der Waals surface area contributed by atoms with Crippen LogP contribution in [0.1, 0.15) is 245 Å². The summed E-state index contributed by atoms with van der Waals surface area (Å²) >= 11 is 0. The highest BCUT2D eigenvalue weighted by Crippen LogP contribution is 2.14. The van der Waals surface area contributed by atoms with Gasteiger partial charge in [-0.3, -0.25) is 4.79 Å². The number of aliphatic hydroxyl groups excluding tert-OH is 2. The molecule has 0 saturated carbocycles. The Morgan fingerprint density at radius 1 is 0.347 bits per heavy atom. The van der Waals surface area contributed by atoms with E-state index in [-0.39, 0.29) is 12.5 Å². The van der Waals surface area contributed by atoms with Crippen LogP contribution in [0.4, 0.5) is 0 Å². The largest absolute Gasteiger partial charge is 0.394 e. The van der Waals surface area contributed by atoms with E-state index in [9.17, 15) is 15.0 Å². The fraction of sp³-hybridized carbons (Fsp3) is 0.603. The fourth-order valence-electron chi connectivity index (χ4n) is 8.00. The molecule has 0 aromatic heterocycles. The van der Waals surface area contributed by atoms with Crippen LogP contribution in [0.3, 0.4) is 0 Å². The Morgan fingerprint density at radius 2 is 0.625 bits per heavy atom. The van der Waals surface area contributed by atoms with E-state index in [1.807, 2.05) is 6.08 Å². The highest BCUT2D eigenvalue weighted by molar-refractivity contribution is 5.76. The molecular weight excluding hydrogens is 879 g/mol. The number of allylic oxidation sites excluding steroid dienone is 25. The molecule has 2 unspecified atom stereocenters. The lowest BCUT2D eigenvalue weighted by molar-refractivity contribution is -0.123. The summed E-state index contributed by atoms with van der Waals surface area (Å²) in [6.45, 7) is 4.17. The predicted molar refractivity (Wildman–Crippen MR) is 321 cm³/mol. The van der Waals surface area contributed by atoms with Gasteiger partial charge in [-0.2, -0.15) is 0 Å². The van der Waals surface area contributed by atoms with Gasteiger partial charge in [-0.25, -0.2) is 0 Å². The molecule has 1 amide bonds. The van der Waals surface area contributed by atoms with E-state index < -0.39 is 12.1 Å². The smallest absolute Gasteiger partial charge is 0.220 e. The Hall–Kier alpha value is -3.99. The minimum atomic E-state index is -0.886. The Bertz CT molecular complexity index is 1540. The van der Waals surface area contributed by atoms with Crippen LogP contribution >= 0.6 is 0 Å². The van der Waals surface area contributed by atoms with Crippen LogP contribution in [0, 0.1) is 0 Å². The van der Waals surface area contributed by atoms with Gasteiger partial charge in [-0.15, -0.1) is 0 Å². The molecular formula is C68H111NO3. The lowest BCUT2D eigenvalue weighted by atomic mass is 10.1. The van der Waals surface area contributed by atoms with Crippen LogP contribution in [-0.2, 0) is 4.79 Å². The molecule has 0 fully saturated rings. The number of rotatable bonds is 52. The maximum absolute atomic E-state index is 12.5. The van der Waals surface area contributed by atoms with Crippen molar-refractivity contribution in [3.63, 3.8) is 0 Å². The molecule has 0 spiro atoms. The molecule has 0 aromatic rings. The van der Waals surface area contributed by atoms with Gasteiger partial charge in [0.25, 0.3) is 0 Å². The van der Waals surface area contributed by atoms with E-state index in [0.717, 1.165) is 116 Å². The highest BCUT2D eigenvalue weighted by Gasteiger charge is 2.17. The third-order valence-corrected chi connectivity index (χ3v) is 12.5. The zero-order valence-corrected chi connectivity index (χ0v) is 46.6. The summed E-state index contributed by atoms with van der Waals surface area (Å²) in [5.74, 6) is -0.0926. The Balaban J connectivity index is 3.68. The van der Waals surface area contributed by atoms with E-state index in [0.29, 0.717) is 6.42 Å². The van der Waals surface area contributed by atoms with Crippen LogP contribution in [0.2, 0.25) is 0 Å². The first-order chi connectivity index (χ1) is 35.7. The number of carbonyl (C=O) groups is 1. The molecule has 0 heterocycles. The number of hydrogen-bond acceptors (Lipinski definition) is 3. The van der Waals surface area contributed by atoms with Gasteiger partial charge in [0, 0.05) is 6.42 Å². The molecule has 0 saturated heterocycles. The van der Waals surface area contributed by atoms with E-state index in [2.05, 4.69) is 165 Å². The lowest BCUT2D eigenvalue weighted by Crippen LogP contribution is -2.45. The van der Waals surface area contributed by atoms with Crippen molar-refractivity contribution in [3.8, 4) is 0 Å². The number of aliphatic hydroxyl groups is 2. The average molecular weight is 991 g/mol. The second-order valence-corrected chi connectivity index (χ2v) is 19.3. The van der Waals surface area contributed by atoms with Gasteiger partial charge in [0.1, 0.15) is 0 Å². The standard InChI is InChI=1S/C68H111NO3/c1-3-5-7-9-11-13-15-17-19-21-23-25-26-27-28-29-30-31-32-33-34-35-36-37-38-39-40-41-42-44-46-48-50-52-54-56-58-60-62-64-68(72)69-66(65-70)67(71)63-61-59-57-55-53-51-49-47-45-43-24-22-20-18-16-14-12-10-8-6-4-2/h5,7,11,13,17,19,23,25,27-28,30-31,33-34,36-37,39-40,42,44-45,47,53,55,61,63,66-67,70-71H,3-4,6,8-10,12,14-16,18,20-22,24,26,29,32,35,38,41,43,46,48-52,54,56-60,62,64-65H2,1-2H3,(H,69,72)/b7-5-,13-11-,19-17-,25-23-,28-27-,31-30-,34-33-,37-36-,40-39-,44-42-,47-45+,55-53+,63-61+. The van der Waals surface area contributed by atoms with Crippen molar-refractivity contribution in [2.24, 2.45) is 0 Å². The SMILES string of the molecule is CC/C=C\C/C=C\C/C=C\C/C=C\C/C=C\C/C=C\C/C=C\C/C=C\C/C=C\C/C=C\CCCCCCCCCCC(=O)NC(CO)C(O)/C=C/CC/C=C/CC/C=C/CCCCCCCCCCCCC. The van der Waals surface area contributed by atoms with Crippen molar-refractivity contribution in [2.45, 2.75) is 257 Å². The Kier molecular flexibility index (Phi) is 57.9. The van der Waals surface area contributed by atoms with Gasteiger partial charge in [0.05, 0.1) is 18.8 Å². The molecule has 0 radical (unpaired) electrons. The minimum Gasteiger partial charge on any atom is -0.394 e. The molecule has 72 heavy (non-hydrogen) atoms. The molecule has 2 atom stereocenters. The molecule has 406 valence electrons. The third-order valence-electron chi connectivity index (χ3n) is 12.5. The number of carbonyl (C=O) groups excluding carboxylic acids is 1. The van der Waals surface area contributed by atoms with Crippen LogP contribution in [-0.4, -0.2) is 34.9 Å². The molecule has 0 rings (SSSR count). The molecule has 0 aliphatic heterocycles. The van der Waals surface area contributed by atoms with Crippen molar-refractivity contribution in [3.05, 3.63) is 158 Å². The van der Waals surface area contributed by atoms with Crippen molar-refractivity contribution < 1.29 is 15.0 Å². The minimum absolute atomic E-state index is 0.0926. The third kappa shape index (κ3) is 56.9. The molecule has 4 nitrogen and oxygen atoms in total. The van der Waals surface area contributed by atoms with Crippen molar-refractivity contribution >= 4 is 5.91 Å². The van der Waals surface area contributed by atoms with E-state index >= 15 is 0 Å². The van der Waals surface area contributed by atoms with E-state index in [1.165, 1.54) is 109 Å². The summed E-state index contributed by atoms with van der Waals surface area (Å²) in [5, 5.41) is 23.1. The second kappa shape index (κ2) is 61.3. The maximum atomic E-state index is 12.5. The molecule has 0 aliphatic carbocycles. The highest BCUT2D eigenvalue weighted by atomic mass is 16.3. The lowest BCUT2D eigenvalue weighted by Gasteiger charge is -2.19. The van der Waals surface area contributed by atoms with Crippen molar-refractivity contribution in [1.29, 1.82) is 0 Å². The summed E-state index contributed by atoms with van der Waals surface area (Å²) in [6.07, 6.45) is 98.3. The Morgan fingerprint density at radius 3 is 0.972 bits per heavy atom. The summed E-state index contributed by atoms with van der Waals surface area (Å²) < 4.78 is 0. The van der Waals surface area contributed by atoms with Gasteiger partial charge in [-0.05, 0) is 122 Å². The van der Waals surface area contributed by atoms with Crippen LogP contribution in [0.5, 0.6) is 0 Å². The first kappa shape index (κ1) is 68.0. The molecule has 0 bridgehead atoms. The van der Waals surface area contributed by atoms with Gasteiger partial charge in [-0.1, -0.05) is 275 Å². The van der Waals surface area contributed by atoms with E-state index in [4.69, 9.17) is 0 Å². The number of unbranched alkanes of at least 4 members (excludes halogenated alkanes) is 21. The quantitative estimate of drug-likeness (QED) is 0.0420. The van der Waals surface area contributed by atoms with Crippen molar-refractivity contribution in [2.75, 3.05) is 6.61 Å². The van der Waals surface area contributed by atoms with Gasteiger partial charge >= 0.3 is 0 Å². The van der Waals surface area contributed by atoms with Crippen LogP contribution in [0.25, 0.3) is 0 Å². The summed E-state index contributed by atoms with van der Waals surface area (Å²) in [6, 6.07) is -0.662. The normalized spacial score (nSPS) is 14.0. The van der Waals surface area contributed by atoms with Gasteiger partial charge in [0.2, 0.25) is 5.91 Å². The maximum Gasteiger partial charge on any atom is 0.220 e. The Labute approximate surface area is 446 Å². The second-order valence-electron chi connectivity index (χ2n) is 19.3. The number of amides is 1. The van der Waals surface area contributed by atoms with Crippen molar-refractivity contribution in [1.82, 2.24) is 5.32 Å². The summed E-state index contributed by atoms with van der Waals surface area (Å²) in [5.41, 5.74) is 0. The summed E-state index contributed by atoms with van der Waals surface area (Å²) in [4.78, 5) is 12.5. The first-order valence-corrected chi connectivity index (χ1v) is 29.7. The first-order valence-electron chi connectivity index (χ1n) is 29.7. The topological polar surface area (TPSA) is 69.6 Å². The zero-order chi connectivity index (χ0) is 52.0.